The van der Waals surface area contributed by atoms with E-state index in [1.807, 2.05) is 24.3 Å². The number of ether oxygens (including phenoxy) is 2. The molecule has 0 saturated heterocycles. The Morgan fingerprint density at radius 2 is 1.86 bits per heavy atom. The maximum Gasteiger partial charge on any atom is 0.262 e. The summed E-state index contributed by atoms with van der Waals surface area (Å²) in [5.41, 5.74) is 6.98. The van der Waals surface area contributed by atoms with Gasteiger partial charge in [-0.05, 0) is 42.0 Å². The molecule has 3 N–H and O–H groups in total. The molecule has 0 atom stereocenters. The van der Waals surface area contributed by atoms with Gasteiger partial charge in [0.15, 0.2) is 0 Å². The SMILES string of the molecule is COCCn1c(-c2ccc(OC)cc2)ccc(C(=N)N)c1=O. The van der Waals surface area contributed by atoms with Crippen LogP contribution in [0.2, 0.25) is 0 Å². The summed E-state index contributed by atoms with van der Waals surface area (Å²) < 4.78 is 11.8. The van der Waals surface area contributed by atoms with Crippen LogP contribution in [0.1, 0.15) is 5.56 Å². The van der Waals surface area contributed by atoms with E-state index in [-0.39, 0.29) is 17.0 Å². The number of benzene rings is 1. The topological polar surface area (TPSA) is 90.3 Å². The first-order valence-corrected chi connectivity index (χ1v) is 6.80. The molecule has 1 heterocycles. The van der Waals surface area contributed by atoms with Crippen LogP contribution in [0.15, 0.2) is 41.2 Å². The predicted molar refractivity (Wildman–Crippen MR) is 85.6 cm³/mol. The van der Waals surface area contributed by atoms with Gasteiger partial charge in [0.05, 0.1) is 25.0 Å². The van der Waals surface area contributed by atoms with Gasteiger partial charge in [-0.1, -0.05) is 0 Å². The fraction of sp³-hybridized carbons (Fsp3) is 0.250. The zero-order valence-electron chi connectivity index (χ0n) is 12.6. The lowest BCUT2D eigenvalue weighted by molar-refractivity contribution is 0.186. The second-order valence-corrected chi connectivity index (χ2v) is 4.72. The van der Waals surface area contributed by atoms with Gasteiger partial charge in [0.1, 0.15) is 11.6 Å². The van der Waals surface area contributed by atoms with Crippen LogP contribution in [0.4, 0.5) is 0 Å². The molecular formula is C16H19N3O3. The molecule has 0 radical (unpaired) electrons. The van der Waals surface area contributed by atoms with Crippen LogP contribution in [0, 0.1) is 5.41 Å². The molecule has 22 heavy (non-hydrogen) atoms. The quantitative estimate of drug-likeness (QED) is 0.624. The van der Waals surface area contributed by atoms with Gasteiger partial charge in [0, 0.05) is 13.7 Å². The summed E-state index contributed by atoms with van der Waals surface area (Å²) >= 11 is 0. The normalized spacial score (nSPS) is 10.5. The molecule has 0 saturated carbocycles. The molecule has 0 aliphatic rings. The van der Waals surface area contributed by atoms with E-state index >= 15 is 0 Å². The summed E-state index contributed by atoms with van der Waals surface area (Å²) in [6.45, 7) is 0.780. The van der Waals surface area contributed by atoms with Crippen LogP contribution >= 0.6 is 0 Å². The molecular weight excluding hydrogens is 282 g/mol. The first-order chi connectivity index (χ1) is 10.6. The predicted octanol–water partition coefficient (Wildman–Crippen LogP) is 1.45. The Hall–Kier alpha value is -2.60. The van der Waals surface area contributed by atoms with Crippen LogP contribution in [0.3, 0.4) is 0 Å². The van der Waals surface area contributed by atoms with Crippen LogP contribution < -0.4 is 16.0 Å². The number of hydrogen-bond acceptors (Lipinski definition) is 4. The van der Waals surface area contributed by atoms with Crippen LogP contribution in [0.25, 0.3) is 11.3 Å². The van der Waals surface area contributed by atoms with E-state index in [1.54, 1.807) is 30.9 Å². The van der Waals surface area contributed by atoms with Gasteiger partial charge in [-0.2, -0.15) is 0 Å². The lowest BCUT2D eigenvalue weighted by Gasteiger charge is -2.14. The van der Waals surface area contributed by atoms with Crippen LogP contribution in [0.5, 0.6) is 5.75 Å². The lowest BCUT2D eigenvalue weighted by atomic mass is 10.1. The number of nitrogen functional groups attached to an aromatic ring is 1. The van der Waals surface area contributed by atoms with Crippen molar-refractivity contribution >= 4 is 5.84 Å². The number of pyridine rings is 1. The first-order valence-electron chi connectivity index (χ1n) is 6.80. The first kappa shape index (κ1) is 15.8. The number of nitrogens with one attached hydrogen (secondary N) is 1. The van der Waals surface area contributed by atoms with Crippen molar-refractivity contribution < 1.29 is 9.47 Å². The zero-order valence-corrected chi connectivity index (χ0v) is 12.6. The van der Waals surface area contributed by atoms with Crippen LogP contribution in [-0.2, 0) is 11.3 Å². The van der Waals surface area contributed by atoms with E-state index in [0.29, 0.717) is 13.2 Å². The highest BCUT2D eigenvalue weighted by Crippen LogP contribution is 2.21. The number of hydrogen-bond donors (Lipinski definition) is 2. The molecule has 2 rings (SSSR count). The maximum atomic E-state index is 12.5. The summed E-state index contributed by atoms with van der Waals surface area (Å²) in [6.07, 6.45) is 0. The minimum atomic E-state index is -0.294. The second-order valence-electron chi connectivity index (χ2n) is 4.72. The van der Waals surface area contributed by atoms with E-state index in [0.717, 1.165) is 17.0 Å². The number of aromatic nitrogens is 1. The molecule has 0 fully saturated rings. The van der Waals surface area contributed by atoms with Gasteiger partial charge in [0.25, 0.3) is 5.56 Å². The summed E-state index contributed by atoms with van der Waals surface area (Å²) in [7, 11) is 3.18. The molecule has 1 aromatic heterocycles. The highest BCUT2D eigenvalue weighted by atomic mass is 16.5. The molecule has 0 unspecified atom stereocenters. The highest BCUT2D eigenvalue weighted by Gasteiger charge is 2.12. The minimum absolute atomic E-state index is 0.188. The van der Waals surface area contributed by atoms with Crippen molar-refractivity contribution in [1.29, 1.82) is 5.41 Å². The number of nitrogens with zero attached hydrogens (tertiary/aromatic N) is 1. The fourth-order valence-electron chi connectivity index (χ4n) is 2.20. The van der Waals surface area contributed by atoms with E-state index < -0.39 is 0 Å². The van der Waals surface area contributed by atoms with Crippen molar-refractivity contribution in [2.24, 2.45) is 5.73 Å². The van der Waals surface area contributed by atoms with E-state index in [4.69, 9.17) is 20.6 Å². The molecule has 0 aliphatic heterocycles. The highest BCUT2D eigenvalue weighted by molar-refractivity contribution is 5.94. The number of rotatable bonds is 6. The Kier molecular flexibility index (Phi) is 4.95. The number of amidine groups is 1. The molecule has 6 heteroatoms. The van der Waals surface area contributed by atoms with Crippen molar-refractivity contribution in [1.82, 2.24) is 4.57 Å². The van der Waals surface area contributed by atoms with Gasteiger partial charge in [-0.25, -0.2) is 0 Å². The van der Waals surface area contributed by atoms with Gasteiger partial charge in [-0.3, -0.25) is 10.2 Å². The molecule has 2 aromatic rings. The third kappa shape index (κ3) is 3.17. The largest absolute Gasteiger partial charge is 0.497 e. The molecule has 0 aliphatic carbocycles. The zero-order chi connectivity index (χ0) is 16.1. The standard InChI is InChI=1S/C16H19N3O3/c1-21-10-9-19-14(8-7-13(15(17)18)16(19)20)11-3-5-12(22-2)6-4-11/h3-8H,9-10H2,1-2H3,(H3,17,18). The summed E-state index contributed by atoms with van der Waals surface area (Å²) in [6, 6.07) is 10.8. The second kappa shape index (κ2) is 6.91. The molecule has 0 bridgehead atoms. The van der Waals surface area contributed by atoms with E-state index in [9.17, 15) is 4.79 Å². The number of nitrogens with two attached hydrogens (primary N) is 1. The van der Waals surface area contributed by atoms with Crippen molar-refractivity contribution in [3.63, 3.8) is 0 Å². The minimum Gasteiger partial charge on any atom is -0.497 e. The van der Waals surface area contributed by atoms with Crippen molar-refractivity contribution in [2.45, 2.75) is 6.54 Å². The summed E-state index contributed by atoms with van der Waals surface area (Å²) in [4.78, 5) is 12.5. The smallest absolute Gasteiger partial charge is 0.262 e. The molecule has 1 aromatic carbocycles. The molecule has 0 spiro atoms. The Labute approximate surface area is 128 Å². The van der Waals surface area contributed by atoms with Gasteiger partial charge in [0.2, 0.25) is 0 Å². The van der Waals surface area contributed by atoms with E-state index in [1.165, 1.54) is 0 Å². The maximum absolute atomic E-state index is 12.5. The van der Waals surface area contributed by atoms with E-state index in [2.05, 4.69) is 0 Å². The van der Waals surface area contributed by atoms with Crippen molar-refractivity contribution in [3.8, 4) is 17.0 Å². The Bertz CT molecular complexity index is 720. The third-order valence-electron chi connectivity index (χ3n) is 3.37. The van der Waals surface area contributed by atoms with Gasteiger partial charge < -0.3 is 19.8 Å². The van der Waals surface area contributed by atoms with Gasteiger partial charge >= 0.3 is 0 Å². The average Bonchev–Trinajstić information content (AvgIpc) is 2.53. The molecule has 116 valence electrons. The summed E-state index contributed by atoms with van der Waals surface area (Å²) in [5, 5.41) is 7.49. The van der Waals surface area contributed by atoms with Crippen LogP contribution in [-0.4, -0.2) is 31.2 Å². The monoisotopic (exact) mass is 301 g/mol. The van der Waals surface area contributed by atoms with Crippen molar-refractivity contribution in [3.05, 3.63) is 52.3 Å². The molecule has 6 nitrogen and oxygen atoms in total. The molecule has 0 amide bonds. The summed E-state index contributed by atoms with van der Waals surface area (Å²) in [5.74, 6) is 0.507. The van der Waals surface area contributed by atoms with Crippen molar-refractivity contribution in [2.75, 3.05) is 20.8 Å². The Morgan fingerprint density at radius 3 is 2.41 bits per heavy atom. The fourth-order valence-corrected chi connectivity index (χ4v) is 2.20. The number of methoxy groups -OCH3 is 2. The average molecular weight is 301 g/mol. The lowest BCUT2D eigenvalue weighted by Crippen LogP contribution is -2.31. The van der Waals surface area contributed by atoms with Gasteiger partial charge in [-0.15, -0.1) is 0 Å². The Morgan fingerprint density at radius 1 is 1.18 bits per heavy atom. The Balaban J connectivity index is 2.55. The third-order valence-corrected chi connectivity index (χ3v) is 3.37.